The Hall–Kier alpha value is -0.630. The van der Waals surface area contributed by atoms with E-state index in [0.717, 1.165) is 0 Å². The van der Waals surface area contributed by atoms with Gasteiger partial charge in [-0.2, -0.15) is 0 Å². The van der Waals surface area contributed by atoms with Crippen molar-refractivity contribution in [3.8, 4) is 0 Å². The molecule has 0 aliphatic heterocycles. The van der Waals surface area contributed by atoms with Crippen molar-refractivity contribution in [2.24, 2.45) is 0 Å². The number of hydrogen-bond donors (Lipinski definition) is 2. The smallest absolute Gasteiger partial charge is 0.0448 e. The highest BCUT2D eigenvalue weighted by atomic mass is 14.8. The highest BCUT2D eigenvalue weighted by molar-refractivity contribution is 5.93. The molecule has 0 amide bonds. The van der Waals surface area contributed by atoms with Crippen LogP contribution in [0.25, 0.3) is 0 Å². The van der Waals surface area contributed by atoms with Crippen LogP contribution in [0.15, 0.2) is 12.2 Å². The molecule has 0 heterocycles. The molecule has 0 aliphatic carbocycles. The van der Waals surface area contributed by atoms with Crippen LogP contribution in [0.3, 0.4) is 0 Å². The molecule has 0 unspecified atom stereocenters. The molecule has 2 N–H and O–H groups in total. The largest absolute Gasteiger partial charge is 0.314 e. The van der Waals surface area contributed by atoms with Gasteiger partial charge in [0.05, 0.1) is 0 Å². The molecular formula is C6H12N2. The molecule has 0 spiro atoms. The van der Waals surface area contributed by atoms with Crippen molar-refractivity contribution in [2.75, 3.05) is 13.6 Å². The van der Waals surface area contributed by atoms with Crippen LogP contribution in [0.1, 0.15) is 6.92 Å². The van der Waals surface area contributed by atoms with E-state index in [1.165, 1.54) is 0 Å². The Labute approximate surface area is 50.1 Å². The van der Waals surface area contributed by atoms with E-state index in [1.54, 1.807) is 6.08 Å². The molecule has 0 aromatic heterocycles. The summed E-state index contributed by atoms with van der Waals surface area (Å²) < 4.78 is 0. The molecule has 2 nitrogen and oxygen atoms in total. The van der Waals surface area contributed by atoms with Gasteiger partial charge in [-0.25, -0.2) is 0 Å². The summed E-state index contributed by atoms with van der Waals surface area (Å²) in [6, 6.07) is 0. The third-order valence-electron chi connectivity index (χ3n) is 0.735. The Morgan fingerprint density at radius 3 is 2.75 bits per heavy atom. The van der Waals surface area contributed by atoms with E-state index in [-0.39, 0.29) is 0 Å². The molecule has 0 aromatic rings. The number of hydrogen-bond acceptors (Lipinski definition) is 2. The van der Waals surface area contributed by atoms with Gasteiger partial charge in [-0.3, -0.25) is 0 Å². The summed E-state index contributed by atoms with van der Waals surface area (Å²) in [4.78, 5) is 0. The van der Waals surface area contributed by atoms with Crippen molar-refractivity contribution in [2.45, 2.75) is 6.92 Å². The van der Waals surface area contributed by atoms with Crippen molar-refractivity contribution < 1.29 is 0 Å². The molecule has 46 valence electrons. The Kier molecular flexibility index (Phi) is 4.17. The summed E-state index contributed by atoms with van der Waals surface area (Å²) in [5.41, 5.74) is 0.620. The minimum absolute atomic E-state index is 0.620. The van der Waals surface area contributed by atoms with Gasteiger partial charge >= 0.3 is 0 Å². The first-order chi connectivity index (χ1) is 3.81. The zero-order valence-electron chi connectivity index (χ0n) is 5.36. The molecule has 0 aliphatic rings. The normalized spacial score (nSPS) is 10.2. The zero-order valence-corrected chi connectivity index (χ0v) is 5.36. The summed E-state index contributed by atoms with van der Waals surface area (Å²) in [6.45, 7) is 2.56. The maximum atomic E-state index is 7.14. The summed E-state index contributed by atoms with van der Waals surface area (Å²) in [5.74, 6) is 0. The number of rotatable bonds is 3. The first-order valence-corrected chi connectivity index (χ1v) is 2.66. The standard InChI is InChI=1S/C6H12N2/c1-3-4-6(7)5-8-2/h3-4,7-8H,5H2,1-2H3/b4-3-,7-6?. The lowest BCUT2D eigenvalue weighted by molar-refractivity contribution is 0.944. The van der Waals surface area contributed by atoms with E-state index in [2.05, 4.69) is 5.32 Å². The fourth-order valence-corrected chi connectivity index (χ4v) is 0.451. The number of allylic oxidation sites excluding steroid dienone is 1. The van der Waals surface area contributed by atoms with Crippen molar-refractivity contribution in [1.82, 2.24) is 5.32 Å². The van der Waals surface area contributed by atoms with Gasteiger partial charge in [0.15, 0.2) is 0 Å². The van der Waals surface area contributed by atoms with Crippen LogP contribution in [-0.2, 0) is 0 Å². The maximum Gasteiger partial charge on any atom is 0.0448 e. The van der Waals surface area contributed by atoms with E-state index in [0.29, 0.717) is 12.3 Å². The predicted molar refractivity (Wildman–Crippen MR) is 36.5 cm³/mol. The molecule has 2 heteroatoms. The highest BCUT2D eigenvalue weighted by Gasteiger charge is 1.82. The fraction of sp³-hybridized carbons (Fsp3) is 0.500. The van der Waals surface area contributed by atoms with E-state index >= 15 is 0 Å². The molecule has 0 fully saturated rings. The van der Waals surface area contributed by atoms with Crippen molar-refractivity contribution in [3.63, 3.8) is 0 Å². The van der Waals surface area contributed by atoms with Gasteiger partial charge < -0.3 is 10.7 Å². The molecule has 0 saturated carbocycles. The molecule has 0 bridgehead atoms. The van der Waals surface area contributed by atoms with Crippen molar-refractivity contribution >= 4 is 5.71 Å². The van der Waals surface area contributed by atoms with E-state index in [4.69, 9.17) is 5.41 Å². The molecule has 0 atom stereocenters. The monoisotopic (exact) mass is 112 g/mol. The first kappa shape index (κ1) is 7.37. The van der Waals surface area contributed by atoms with Gasteiger partial charge in [0.2, 0.25) is 0 Å². The van der Waals surface area contributed by atoms with Crippen LogP contribution in [0.5, 0.6) is 0 Å². The second-order valence-electron chi connectivity index (χ2n) is 1.56. The van der Waals surface area contributed by atoms with E-state index < -0.39 is 0 Å². The molecule has 0 saturated heterocycles. The highest BCUT2D eigenvalue weighted by Crippen LogP contribution is 1.72. The lowest BCUT2D eigenvalue weighted by Crippen LogP contribution is -2.15. The Morgan fingerprint density at radius 2 is 2.38 bits per heavy atom. The first-order valence-electron chi connectivity index (χ1n) is 2.66. The zero-order chi connectivity index (χ0) is 6.41. The van der Waals surface area contributed by atoms with Gasteiger partial charge in [0, 0.05) is 12.3 Å². The van der Waals surface area contributed by atoms with Crippen LogP contribution in [0, 0.1) is 5.41 Å². The second-order valence-corrected chi connectivity index (χ2v) is 1.56. The van der Waals surface area contributed by atoms with Gasteiger partial charge in [-0.05, 0) is 20.0 Å². The molecular weight excluding hydrogens is 100 g/mol. The molecule has 0 radical (unpaired) electrons. The maximum absolute atomic E-state index is 7.14. The Morgan fingerprint density at radius 1 is 1.75 bits per heavy atom. The van der Waals surface area contributed by atoms with E-state index in [1.807, 2.05) is 20.0 Å². The van der Waals surface area contributed by atoms with E-state index in [9.17, 15) is 0 Å². The third kappa shape index (κ3) is 3.56. The predicted octanol–water partition coefficient (Wildman–Crippen LogP) is 0.802. The van der Waals surface area contributed by atoms with Crippen LogP contribution in [0.2, 0.25) is 0 Å². The summed E-state index contributed by atoms with van der Waals surface area (Å²) in [7, 11) is 1.83. The lowest BCUT2D eigenvalue weighted by atomic mass is 10.3. The van der Waals surface area contributed by atoms with Gasteiger partial charge in [-0.1, -0.05) is 6.08 Å². The average molecular weight is 112 g/mol. The quantitative estimate of drug-likeness (QED) is 0.520. The SMILES string of the molecule is C/C=C\C(=N)CNC. The minimum atomic E-state index is 0.620. The van der Waals surface area contributed by atoms with Crippen LogP contribution in [-0.4, -0.2) is 19.3 Å². The van der Waals surface area contributed by atoms with Gasteiger partial charge in [0.25, 0.3) is 0 Å². The van der Waals surface area contributed by atoms with Crippen LogP contribution < -0.4 is 5.32 Å². The Bertz CT molecular complexity index is 94.7. The molecule has 0 aromatic carbocycles. The fourth-order valence-electron chi connectivity index (χ4n) is 0.451. The van der Waals surface area contributed by atoms with Gasteiger partial charge in [0.1, 0.15) is 0 Å². The summed E-state index contributed by atoms with van der Waals surface area (Å²) in [5, 5.41) is 10.0. The van der Waals surface area contributed by atoms with Crippen LogP contribution >= 0.6 is 0 Å². The van der Waals surface area contributed by atoms with Gasteiger partial charge in [-0.15, -0.1) is 0 Å². The average Bonchev–Trinajstić information content (AvgIpc) is 1.68. The topological polar surface area (TPSA) is 35.9 Å². The third-order valence-corrected chi connectivity index (χ3v) is 0.735. The number of nitrogens with one attached hydrogen (secondary N) is 2. The second kappa shape index (κ2) is 4.53. The summed E-state index contributed by atoms with van der Waals surface area (Å²) in [6.07, 6.45) is 3.64. The van der Waals surface area contributed by atoms with Crippen LogP contribution in [0.4, 0.5) is 0 Å². The molecule has 0 rings (SSSR count). The molecule has 8 heavy (non-hydrogen) atoms. The minimum Gasteiger partial charge on any atom is -0.314 e. The van der Waals surface area contributed by atoms with Crippen molar-refractivity contribution in [1.29, 1.82) is 5.41 Å². The Balaban J connectivity index is 3.33. The summed E-state index contributed by atoms with van der Waals surface area (Å²) >= 11 is 0. The van der Waals surface area contributed by atoms with Crippen molar-refractivity contribution in [3.05, 3.63) is 12.2 Å². The lowest BCUT2D eigenvalue weighted by Gasteiger charge is -1.91.